The molecule has 6 nitrogen and oxygen atoms in total. The Morgan fingerprint density at radius 1 is 0.938 bits per heavy atom. The first-order chi connectivity index (χ1) is 15.6. The second kappa shape index (κ2) is 10.3. The van der Waals surface area contributed by atoms with Crippen molar-refractivity contribution in [3.63, 3.8) is 0 Å². The van der Waals surface area contributed by atoms with Crippen molar-refractivity contribution >= 4 is 17.4 Å². The first-order valence-electron chi connectivity index (χ1n) is 11.3. The van der Waals surface area contributed by atoms with Crippen molar-refractivity contribution in [2.45, 2.75) is 39.5 Å². The number of hydrogen-bond donors (Lipinski definition) is 1. The summed E-state index contributed by atoms with van der Waals surface area (Å²) in [5, 5.41) is 11.7. The average Bonchev–Trinajstić information content (AvgIpc) is 3.09. The van der Waals surface area contributed by atoms with Gasteiger partial charge in [-0.15, -0.1) is 10.2 Å². The van der Waals surface area contributed by atoms with Gasteiger partial charge in [-0.25, -0.2) is 0 Å². The molecule has 0 aliphatic carbocycles. The van der Waals surface area contributed by atoms with Gasteiger partial charge < -0.3 is 15.0 Å². The summed E-state index contributed by atoms with van der Waals surface area (Å²) in [7, 11) is 0. The molecule has 1 N–H and O–H groups in total. The Kier molecular flexibility index (Phi) is 7.00. The van der Waals surface area contributed by atoms with Crippen molar-refractivity contribution in [2.24, 2.45) is 0 Å². The monoisotopic (exact) mass is 430 g/mol. The van der Waals surface area contributed by atoms with Crippen molar-refractivity contribution in [2.75, 3.05) is 29.9 Å². The highest BCUT2D eigenvalue weighted by Crippen LogP contribution is 2.23. The van der Waals surface area contributed by atoms with Crippen molar-refractivity contribution in [1.82, 2.24) is 10.2 Å². The van der Waals surface area contributed by atoms with Crippen LogP contribution >= 0.6 is 0 Å². The van der Waals surface area contributed by atoms with Crippen molar-refractivity contribution in [3.05, 3.63) is 65.7 Å². The number of carbonyl (C=O) groups excluding carboxylic acids is 1. The Balaban J connectivity index is 1.32. The molecule has 166 valence electrons. The normalized spacial score (nSPS) is 14.0. The molecule has 6 heteroatoms. The molecule has 0 spiro atoms. The number of nitrogens with zero attached hydrogens (tertiary/aromatic N) is 3. The fraction of sp³-hybridized carbons (Fsp3) is 0.346. The van der Waals surface area contributed by atoms with Gasteiger partial charge in [0.15, 0.2) is 12.4 Å². The van der Waals surface area contributed by atoms with Crippen LogP contribution in [0.25, 0.3) is 11.3 Å². The highest BCUT2D eigenvalue weighted by atomic mass is 16.5. The van der Waals surface area contributed by atoms with Gasteiger partial charge in [0.25, 0.3) is 5.91 Å². The number of ether oxygens (including phenoxy) is 1. The van der Waals surface area contributed by atoms with E-state index in [9.17, 15) is 4.79 Å². The molecule has 1 aliphatic rings. The number of carbonyl (C=O) groups is 1. The minimum Gasteiger partial charge on any atom is -0.483 e. The van der Waals surface area contributed by atoms with Crippen LogP contribution in [0.1, 0.15) is 36.8 Å². The molecule has 0 unspecified atom stereocenters. The molecule has 1 amide bonds. The summed E-state index contributed by atoms with van der Waals surface area (Å²) in [6, 6.07) is 17.6. The van der Waals surface area contributed by atoms with Gasteiger partial charge in [0.1, 0.15) is 5.75 Å². The van der Waals surface area contributed by atoms with E-state index in [0.717, 1.165) is 47.2 Å². The highest BCUT2D eigenvalue weighted by Gasteiger charge is 2.12. The topological polar surface area (TPSA) is 67.3 Å². The number of aromatic nitrogens is 2. The number of aryl methyl sites for hydroxylation is 2. The van der Waals surface area contributed by atoms with Gasteiger partial charge in [-0.05, 0) is 62.6 Å². The van der Waals surface area contributed by atoms with E-state index in [1.54, 1.807) is 0 Å². The Morgan fingerprint density at radius 3 is 2.34 bits per heavy atom. The second-order valence-corrected chi connectivity index (χ2v) is 8.36. The first-order valence-corrected chi connectivity index (χ1v) is 11.3. The van der Waals surface area contributed by atoms with E-state index in [1.807, 2.05) is 68.4 Å². The summed E-state index contributed by atoms with van der Waals surface area (Å²) < 4.78 is 5.65. The summed E-state index contributed by atoms with van der Waals surface area (Å²) in [6.45, 7) is 6.07. The zero-order valence-electron chi connectivity index (χ0n) is 18.8. The highest BCUT2D eigenvalue weighted by molar-refractivity contribution is 5.92. The van der Waals surface area contributed by atoms with Crippen LogP contribution < -0.4 is 15.0 Å². The number of nitrogens with one attached hydrogen (secondary N) is 1. The van der Waals surface area contributed by atoms with Crippen molar-refractivity contribution in [1.29, 1.82) is 0 Å². The van der Waals surface area contributed by atoms with Gasteiger partial charge in [0, 0.05) is 24.3 Å². The molecule has 1 saturated heterocycles. The first kappa shape index (κ1) is 21.8. The van der Waals surface area contributed by atoms with Crippen LogP contribution in [0.2, 0.25) is 0 Å². The van der Waals surface area contributed by atoms with Crippen LogP contribution in [0, 0.1) is 13.8 Å². The smallest absolute Gasteiger partial charge is 0.262 e. The number of amides is 1. The fourth-order valence-electron chi connectivity index (χ4n) is 3.97. The third-order valence-corrected chi connectivity index (χ3v) is 5.73. The Hall–Kier alpha value is -3.41. The molecule has 0 saturated carbocycles. The zero-order chi connectivity index (χ0) is 22.3. The van der Waals surface area contributed by atoms with Gasteiger partial charge in [-0.2, -0.15) is 0 Å². The van der Waals surface area contributed by atoms with E-state index >= 15 is 0 Å². The molecule has 0 bridgehead atoms. The molecule has 0 atom stereocenters. The molecule has 3 aromatic rings. The van der Waals surface area contributed by atoms with E-state index in [1.165, 1.54) is 31.2 Å². The Morgan fingerprint density at radius 2 is 1.69 bits per heavy atom. The minimum atomic E-state index is -0.195. The summed E-state index contributed by atoms with van der Waals surface area (Å²) in [4.78, 5) is 14.6. The van der Waals surface area contributed by atoms with Gasteiger partial charge in [-0.3, -0.25) is 4.79 Å². The summed E-state index contributed by atoms with van der Waals surface area (Å²) in [5.41, 5.74) is 4.69. The molecule has 32 heavy (non-hydrogen) atoms. The molecular weight excluding hydrogens is 400 g/mol. The third-order valence-electron chi connectivity index (χ3n) is 5.73. The SMILES string of the molecule is Cc1ccc(OCC(=O)Nc2ccc(-c3ccc(N4CCCCCC4)nn3)cc2)c(C)c1. The minimum absolute atomic E-state index is 0.0326. The summed E-state index contributed by atoms with van der Waals surface area (Å²) in [5.74, 6) is 1.48. The van der Waals surface area contributed by atoms with Gasteiger partial charge in [0.05, 0.1) is 5.69 Å². The maximum atomic E-state index is 12.3. The number of hydrogen-bond acceptors (Lipinski definition) is 5. The zero-order valence-corrected chi connectivity index (χ0v) is 18.8. The molecule has 1 aromatic heterocycles. The molecular formula is C26H30N4O2. The average molecular weight is 431 g/mol. The fourth-order valence-corrected chi connectivity index (χ4v) is 3.97. The van der Waals surface area contributed by atoms with Crippen LogP contribution in [-0.4, -0.2) is 35.8 Å². The molecule has 0 radical (unpaired) electrons. The molecule has 2 heterocycles. The molecule has 1 aliphatic heterocycles. The third kappa shape index (κ3) is 5.63. The lowest BCUT2D eigenvalue weighted by molar-refractivity contribution is -0.118. The van der Waals surface area contributed by atoms with E-state index in [4.69, 9.17) is 4.74 Å². The second-order valence-electron chi connectivity index (χ2n) is 8.36. The van der Waals surface area contributed by atoms with Gasteiger partial charge >= 0.3 is 0 Å². The van der Waals surface area contributed by atoms with E-state index < -0.39 is 0 Å². The molecule has 2 aromatic carbocycles. The van der Waals surface area contributed by atoms with Crippen LogP contribution in [0.5, 0.6) is 5.75 Å². The standard InChI is InChI=1S/C26H30N4O2/c1-19-7-13-24(20(2)17-19)32-18-26(31)27-22-10-8-21(9-11-22)23-12-14-25(29-28-23)30-15-5-3-4-6-16-30/h7-14,17H,3-6,15-16,18H2,1-2H3,(H,27,31). The van der Waals surface area contributed by atoms with Gasteiger partial charge in [-0.1, -0.05) is 42.7 Å². The van der Waals surface area contributed by atoms with Crippen LogP contribution in [0.15, 0.2) is 54.6 Å². The van der Waals surface area contributed by atoms with Crippen LogP contribution in [-0.2, 0) is 4.79 Å². The summed E-state index contributed by atoms with van der Waals surface area (Å²) in [6.07, 6.45) is 5.02. The Labute approximate surface area is 189 Å². The summed E-state index contributed by atoms with van der Waals surface area (Å²) >= 11 is 0. The number of benzene rings is 2. The number of anilines is 2. The van der Waals surface area contributed by atoms with E-state index in [-0.39, 0.29) is 12.5 Å². The Bertz CT molecular complexity index is 1040. The molecule has 1 fully saturated rings. The van der Waals surface area contributed by atoms with Crippen LogP contribution in [0.4, 0.5) is 11.5 Å². The van der Waals surface area contributed by atoms with Gasteiger partial charge in [0.2, 0.25) is 0 Å². The van der Waals surface area contributed by atoms with E-state index in [0.29, 0.717) is 0 Å². The lowest BCUT2D eigenvalue weighted by Gasteiger charge is -2.20. The van der Waals surface area contributed by atoms with Crippen molar-refractivity contribution in [3.8, 4) is 17.0 Å². The van der Waals surface area contributed by atoms with Crippen LogP contribution in [0.3, 0.4) is 0 Å². The maximum Gasteiger partial charge on any atom is 0.262 e. The lowest BCUT2D eigenvalue weighted by Crippen LogP contribution is -2.25. The lowest BCUT2D eigenvalue weighted by atomic mass is 10.1. The predicted molar refractivity (Wildman–Crippen MR) is 128 cm³/mol. The predicted octanol–water partition coefficient (Wildman–Crippen LogP) is 5.16. The van der Waals surface area contributed by atoms with E-state index in [2.05, 4.69) is 20.4 Å². The molecule has 4 rings (SSSR count). The quantitative estimate of drug-likeness (QED) is 0.585. The number of rotatable bonds is 6. The maximum absolute atomic E-state index is 12.3. The largest absolute Gasteiger partial charge is 0.483 e. The van der Waals surface area contributed by atoms with Crippen molar-refractivity contribution < 1.29 is 9.53 Å².